The summed E-state index contributed by atoms with van der Waals surface area (Å²) in [4.78, 5) is 0. The Morgan fingerprint density at radius 2 is 1.60 bits per heavy atom. The van der Waals surface area contributed by atoms with Gasteiger partial charge in [0.1, 0.15) is 6.10 Å². The summed E-state index contributed by atoms with van der Waals surface area (Å²) in [7, 11) is 0. The first-order valence-electron chi connectivity index (χ1n) is 7.20. The fraction of sp³-hybridized carbons (Fsp3) is 0.857. The molecule has 1 atom stereocenters. The second kappa shape index (κ2) is 13.7. The highest BCUT2D eigenvalue weighted by molar-refractivity contribution is 7.80. The van der Waals surface area contributed by atoms with E-state index >= 15 is 0 Å². The van der Waals surface area contributed by atoms with Crippen molar-refractivity contribution in [2.75, 3.05) is 26.4 Å². The van der Waals surface area contributed by atoms with Crippen LogP contribution in [0.25, 0.3) is 0 Å². The van der Waals surface area contributed by atoms with Gasteiger partial charge in [0.05, 0.1) is 32.8 Å². The number of aliphatic hydroxyl groups is 1. The maximum atomic E-state index is 8.85. The average Bonchev–Trinajstić information content (AvgIpc) is 2.43. The molecule has 4 nitrogen and oxygen atoms in total. The summed E-state index contributed by atoms with van der Waals surface area (Å²) < 4.78 is 16.4. The summed E-state index contributed by atoms with van der Waals surface area (Å²) in [6.45, 7) is 5.53. The number of aliphatic hydroxyl groups excluding tert-OH is 1. The highest BCUT2D eigenvalue weighted by atomic mass is 32.1. The third kappa shape index (κ3) is 10.5. The monoisotopic (exact) mass is 322 g/mol. The van der Waals surface area contributed by atoms with Gasteiger partial charge in [0.2, 0.25) is 0 Å². The first kappa shape index (κ1) is 19.7. The topological polar surface area (TPSA) is 47.9 Å². The molecule has 0 aliphatic heterocycles. The van der Waals surface area contributed by atoms with Gasteiger partial charge in [-0.2, -0.15) is 0 Å². The van der Waals surface area contributed by atoms with Crippen molar-refractivity contribution in [3.8, 4) is 0 Å². The van der Waals surface area contributed by atoms with E-state index in [1.165, 1.54) is 0 Å². The zero-order chi connectivity index (χ0) is 15.2. The Hall–Kier alpha value is -0.300. The van der Waals surface area contributed by atoms with Crippen LogP contribution in [-0.2, 0) is 14.2 Å². The second-order valence-corrected chi connectivity index (χ2v) is 5.24. The molecule has 0 amide bonds. The molecular formula is C14H26O4S2. The lowest BCUT2D eigenvalue weighted by atomic mass is 10.2. The lowest BCUT2D eigenvalue weighted by Gasteiger charge is -2.19. The molecule has 1 unspecified atom stereocenters. The first-order chi connectivity index (χ1) is 9.65. The van der Waals surface area contributed by atoms with E-state index in [1.807, 2.05) is 0 Å². The van der Waals surface area contributed by atoms with Crippen LogP contribution in [0.15, 0.2) is 0 Å². The van der Waals surface area contributed by atoms with Crippen LogP contribution in [0.5, 0.6) is 0 Å². The maximum Gasteiger partial charge on any atom is 0.189 e. The van der Waals surface area contributed by atoms with E-state index in [0.29, 0.717) is 29.7 Å². The van der Waals surface area contributed by atoms with E-state index in [2.05, 4.69) is 13.8 Å². The minimum atomic E-state index is -0.428. The summed E-state index contributed by atoms with van der Waals surface area (Å²) in [5, 5.41) is 9.70. The molecule has 0 saturated heterocycles. The van der Waals surface area contributed by atoms with E-state index in [1.54, 1.807) is 0 Å². The molecule has 0 aromatic rings. The molecule has 0 heterocycles. The van der Waals surface area contributed by atoms with Crippen molar-refractivity contribution in [2.24, 2.45) is 0 Å². The fourth-order valence-corrected chi connectivity index (χ4v) is 1.83. The van der Waals surface area contributed by atoms with Crippen LogP contribution in [0.2, 0.25) is 0 Å². The van der Waals surface area contributed by atoms with Crippen molar-refractivity contribution in [2.45, 2.75) is 52.1 Å². The van der Waals surface area contributed by atoms with E-state index in [0.717, 1.165) is 25.7 Å². The molecule has 0 rings (SSSR count). The van der Waals surface area contributed by atoms with Crippen LogP contribution in [0.1, 0.15) is 46.0 Å². The Morgan fingerprint density at radius 1 is 1.00 bits per heavy atom. The number of unbranched alkanes of at least 4 members (excludes halogenated alkanes) is 2. The number of thiocarbonyl (C=S) groups is 2. The molecular weight excluding hydrogens is 296 g/mol. The minimum absolute atomic E-state index is 0.0580. The summed E-state index contributed by atoms with van der Waals surface area (Å²) in [5.41, 5.74) is 0. The van der Waals surface area contributed by atoms with Gasteiger partial charge in [0.25, 0.3) is 0 Å². The predicted octanol–water partition coefficient (Wildman–Crippen LogP) is 3.04. The van der Waals surface area contributed by atoms with E-state index in [4.69, 9.17) is 43.8 Å². The van der Waals surface area contributed by atoms with Gasteiger partial charge < -0.3 is 19.3 Å². The molecule has 0 saturated carbocycles. The summed E-state index contributed by atoms with van der Waals surface area (Å²) in [5.74, 6) is 0. The van der Waals surface area contributed by atoms with E-state index < -0.39 is 6.10 Å². The SMILES string of the molecule is CCCCOC(=S)CC(OCCO)C(=S)OCCCC. The number of hydrogen-bond acceptors (Lipinski definition) is 6. The Kier molecular flexibility index (Phi) is 13.5. The molecule has 0 aliphatic rings. The standard InChI is InChI=1S/C14H26O4S2/c1-3-5-8-17-13(19)11-12(16-10-7-15)14(20)18-9-6-4-2/h12,15H,3-11H2,1-2H3. The van der Waals surface area contributed by atoms with Crippen LogP contribution < -0.4 is 0 Å². The Labute approximate surface area is 132 Å². The molecule has 0 aromatic heterocycles. The largest absolute Gasteiger partial charge is 0.487 e. The van der Waals surface area contributed by atoms with Gasteiger partial charge in [0.15, 0.2) is 10.1 Å². The number of ether oxygens (including phenoxy) is 3. The van der Waals surface area contributed by atoms with Gasteiger partial charge >= 0.3 is 0 Å². The van der Waals surface area contributed by atoms with Crippen LogP contribution in [-0.4, -0.2) is 47.7 Å². The normalized spacial score (nSPS) is 11.9. The molecule has 118 valence electrons. The zero-order valence-electron chi connectivity index (χ0n) is 12.4. The van der Waals surface area contributed by atoms with Crippen molar-refractivity contribution in [1.29, 1.82) is 0 Å². The molecule has 20 heavy (non-hydrogen) atoms. The van der Waals surface area contributed by atoms with Gasteiger partial charge in [0, 0.05) is 0 Å². The molecule has 0 aliphatic carbocycles. The highest BCUT2D eigenvalue weighted by Crippen LogP contribution is 2.08. The molecule has 6 heteroatoms. The summed E-state index contributed by atoms with van der Waals surface area (Å²) in [6, 6.07) is 0. The fourth-order valence-electron chi connectivity index (χ4n) is 1.36. The lowest BCUT2D eigenvalue weighted by Crippen LogP contribution is -2.29. The molecule has 0 spiro atoms. The Bertz CT molecular complexity index is 272. The van der Waals surface area contributed by atoms with Crippen molar-refractivity contribution in [1.82, 2.24) is 0 Å². The van der Waals surface area contributed by atoms with E-state index in [9.17, 15) is 0 Å². The van der Waals surface area contributed by atoms with Crippen molar-refractivity contribution < 1.29 is 19.3 Å². The molecule has 0 radical (unpaired) electrons. The predicted molar refractivity (Wildman–Crippen MR) is 88.4 cm³/mol. The average molecular weight is 322 g/mol. The van der Waals surface area contributed by atoms with Gasteiger partial charge in [-0.3, -0.25) is 0 Å². The maximum absolute atomic E-state index is 8.85. The van der Waals surface area contributed by atoms with Crippen LogP contribution in [0.3, 0.4) is 0 Å². The minimum Gasteiger partial charge on any atom is -0.487 e. The molecule has 0 aromatic carbocycles. The highest BCUT2D eigenvalue weighted by Gasteiger charge is 2.19. The van der Waals surface area contributed by atoms with Crippen LogP contribution in [0, 0.1) is 0 Å². The van der Waals surface area contributed by atoms with E-state index in [-0.39, 0.29) is 13.2 Å². The van der Waals surface area contributed by atoms with Crippen LogP contribution in [0.4, 0.5) is 0 Å². The van der Waals surface area contributed by atoms with Crippen molar-refractivity contribution >= 4 is 34.5 Å². The summed E-state index contributed by atoms with van der Waals surface area (Å²) >= 11 is 10.4. The summed E-state index contributed by atoms with van der Waals surface area (Å²) in [6.07, 6.45) is 3.99. The third-order valence-corrected chi connectivity index (χ3v) is 3.19. The molecule has 0 fully saturated rings. The second-order valence-electron chi connectivity index (χ2n) is 4.38. The molecule has 1 N–H and O–H groups in total. The van der Waals surface area contributed by atoms with Crippen LogP contribution >= 0.6 is 24.4 Å². The van der Waals surface area contributed by atoms with Gasteiger partial charge in [-0.25, -0.2) is 0 Å². The number of hydrogen-bond donors (Lipinski definition) is 1. The Balaban J connectivity index is 4.17. The molecule has 0 bridgehead atoms. The zero-order valence-corrected chi connectivity index (χ0v) is 14.1. The Morgan fingerprint density at radius 3 is 2.15 bits per heavy atom. The first-order valence-corrected chi connectivity index (χ1v) is 8.02. The van der Waals surface area contributed by atoms with Gasteiger partial charge in [-0.05, 0) is 37.3 Å². The number of rotatable bonds is 12. The van der Waals surface area contributed by atoms with Gasteiger partial charge in [-0.1, -0.05) is 26.7 Å². The third-order valence-electron chi connectivity index (χ3n) is 2.53. The van der Waals surface area contributed by atoms with Crippen molar-refractivity contribution in [3.63, 3.8) is 0 Å². The quantitative estimate of drug-likeness (QED) is 0.440. The lowest BCUT2D eigenvalue weighted by molar-refractivity contribution is 0.0537. The van der Waals surface area contributed by atoms with Gasteiger partial charge in [-0.15, -0.1) is 0 Å². The smallest absolute Gasteiger partial charge is 0.189 e. The van der Waals surface area contributed by atoms with Crippen molar-refractivity contribution in [3.05, 3.63) is 0 Å².